The smallest absolute Gasteiger partial charge is 0.0409 e. The first kappa shape index (κ1) is 12.6. The van der Waals surface area contributed by atoms with Gasteiger partial charge in [-0.3, -0.25) is 0 Å². The molecule has 0 fully saturated rings. The average molecular weight is 266 g/mol. The van der Waals surface area contributed by atoms with Crippen LogP contribution in [0, 0.1) is 6.92 Å². The van der Waals surface area contributed by atoms with E-state index in [2.05, 4.69) is 23.8 Å². The van der Waals surface area contributed by atoms with Crippen LogP contribution in [0.15, 0.2) is 35.0 Å². The minimum atomic E-state index is 0.0635. The summed E-state index contributed by atoms with van der Waals surface area (Å²) in [5, 5.41) is 5.04. The van der Waals surface area contributed by atoms with Crippen LogP contribution in [0.5, 0.6) is 0 Å². The van der Waals surface area contributed by atoms with E-state index in [9.17, 15) is 0 Å². The highest BCUT2D eigenvalue weighted by Gasteiger charge is 2.09. The molecule has 1 heterocycles. The van der Waals surface area contributed by atoms with Crippen LogP contribution in [-0.2, 0) is 6.42 Å². The van der Waals surface area contributed by atoms with E-state index in [4.69, 9.17) is 17.3 Å². The monoisotopic (exact) mass is 265 g/mol. The number of halogens is 1. The molecule has 1 nitrogen and oxygen atoms in total. The Morgan fingerprint density at radius 2 is 2.18 bits per heavy atom. The van der Waals surface area contributed by atoms with Crippen molar-refractivity contribution in [2.75, 3.05) is 0 Å². The molecule has 0 spiro atoms. The maximum absolute atomic E-state index is 6.23. The summed E-state index contributed by atoms with van der Waals surface area (Å²) in [5.74, 6) is 0. The second kappa shape index (κ2) is 5.67. The zero-order valence-electron chi connectivity index (χ0n) is 9.82. The Morgan fingerprint density at radius 1 is 1.35 bits per heavy atom. The number of aryl methyl sites for hydroxylation is 2. The third-order valence-electron chi connectivity index (χ3n) is 2.96. The van der Waals surface area contributed by atoms with E-state index in [0.717, 1.165) is 23.4 Å². The van der Waals surface area contributed by atoms with Gasteiger partial charge in [-0.05, 0) is 65.4 Å². The van der Waals surface area contributed by atoms with E-state index in [0.29, 0.717) is 0 Å². The van der Waals surface area contributed by atoms with Gasteiger partial charge >= 0.3 is 0 Å². The number of hydrogen-bond acceptors (Lipinski definition) is 2. The van der Waals surface area contributed by atoms with Crippen molar-refractivity contribution in [1.82, 2.24) is 0 Å². The lowest BCUT2D eigenvalue weighted by molar-refractivity contribution is 0.648. The van der Waals surface area contributed by atoms with Gasteiger partial charge in [0.25, 0.3) is 0 Å². The third-order valence-corrected chi connectivity index (χ3v) is 3.93. The second-order valence-electron chi connectivity index (χ2n) is 4.28. The van der Waals surface area contributed by atoms with Gasteiger partial charge in [0.15, 0.2) is 0 Å². The SMILES string of the molecule is Cc1ccc(Cl)cc1C(N)CCc1ccsc1. The predicted octanol–water partition coefficient (Wildman–Crippen LogP) is 4.34. The molecule has 0 aliphatic carbocycles. The predicted molar refractivity (Wildman–Crippen MR) is 75.8 cm³/mol. The molecule has 1 atom stereocenters. The highest BCUT2D eigenvalue weighted by molar-refractivity contribution is 7.07. The highest BCUT2D eigenvalue weighted by atomic mass is 35.5. The molecule has 0 bridgehead atoms. The van der Waals surface area contributed by atoms with Crippen LogP contribution in [0.25, 0.3) is 0 Å². The highest BCUT2D eigenvalue weighted by Crippen LogP contribution is 2.24. The normalized spacial score (nSPS) is 12.6. The quantitative estimate of drug-likeness (QED) is 0.874. The van der Waals surface area contributed by atoms with E-state index in [1.807, 2.05) is 18.2 Å². The summed E-state index contributed by atoms with van der Waals surface area (Å²) in [7, 11) is 0. The summed E-state index contributed by atoms with van der Waals surface area (Å²) in [6, 6.07) is 8.14. The number of hydrogen-bond donors (Lipinski definition) is 1. The molecule has 0 saturated carbocycles. The summed E-state index contributed by atoms with van der Waals surface area (Å²) in [6.45, 7) is 2.08. The minimum Gasteiger partial charge on any atom is -0.324 e. The fraction of sp³-hybridized carbons (Fsp3) is 0.286. The molecule has 1 unspecified atom stereocenters. The molecule has 2 N–H and O–H groups in total. The van der Waals surface area contributed by atoms with E-state index in [-0.39, 0.29) is 6.04 Å². The fourth-order valence-corrected chi connectivity index (χ4v) is 2.81. The van der Waals surface area contributed by atoms with Gasteiger partial charge in [-0.25, -0.2) is 0 Å². The molecule has 1 aromatic heterocycles. The lowest BCUT2D eigenvalue weighted by Crippen LogP contribution is -2.12. The van der Waals surface area contributed by atoms with Gasteiger partial charge < -0.3 is 5.73 Å². The van der Waals surface area contributed by atoms with Gasteiger partial charge in [0.2, 0.25) is 0 Å². The maximum Gasteiger partial charge on any atom is 0.0409 e. The zero-order valence-corrected chi connectivity index (χ0v) is 11.4. The van der Waals surface area contributed by atoms with Gasteiger partial charge in [0, 0.05) is 11.1 Å². The standard InChI is InChI=1S/C14H16ClNS/c1-10-2-4-12(15)8-13(10)14(16)5-3-11-6-7-17-9-11/h2,4,6-9,14H,3,5,16H2,1H3. The Morgan fingerprint density at radius 3 is 2.88 bits per heavy atom. The summed E-state index contributed by atoms with van der Waals surface area (Å²) >= 11 is 7.74. The minimum absolute atomic E-state index is 0.0635. The first-order valence-corrected chi connectivity index (χ1v) is 7.01. The molecule has 17 heavy (non-hydrogen) atoms. The summed E-state index contributed by atoms with van der Waals surface area (Å²) in [4.78, 5) is 0. The van der Waals surface area contributed by atoms with Crippen molar-refractivity contribution < 1.29 is 0 Å². The van der Waals surface area contributed by atoms with Gasteiger partial charge in [0.05, 0.1) is 0 Å². The van der Waals surface area contributed by atoms with Crippen molar-refractivity contribution in [2.45, 2.75) is 25.8 Å². The van der Waals surface area contributed by atoms with Crippen molar-refractivity contribution >= 4 is 22.9 Å². The number of thiophene rings is 1. The average Bonchev–Trinajstić information content (AvgIpc) is 2.82. The van der Waals surface area contributed by atoms with Crippen LogP contribution in [-0.4, -0.2) is 0 Å². The molecule has 90 valence electrons. The molecule has 0 radical (unpaired) electrons. The summed E-state index contributed by atoms with van der Waals surface area (Å²) in [6.07, 6.45) is 1.98. The Balaban J connectivity index is 2.04. The van der Waals surface area contributed by atoms with Crippen LogP contribution < -0.4 is 5.73 Å². The van der Waals surface area contributed by atoms with Crippen molar-refractivity contribution in [3.05, 3.63) is 56.7 Å². The van der Waals surface area contributed by atoms with E-state index in [1.165, 1.54) is 11.1 Å². The van der Waals surface area contributed by atoms with Gasteiger partial charge in [0.1, 0.15) is 0 Å². The molecule has 0 amide bonds. The molecule has 1 aromatic carbocycles. The zero-order chi connectivity index (χ0) is 12.3. The van der Waals surface area contributed by atoms with Crippen molar-refractivity contribution in [3.63, 3.8) is 0 Å². The van der Waals surface area contributed by atoms with Crippen LogP contribution >= 0.6 is 22.9 Å². The third kappa shape index (κ3) is 3.32. The molecule has 2 rings (SSSR count). The van der Waals surface area contributed by atoms with Gasteiger partial charge in [-0.1, -0.05) is 17.7 Å². The van der Waals surface area contributed by atoms with Crippen LogP contribution in [0.4, 0.5) is 0 Å². The Labute approximate surface area is 111 Å². The summed E-state index contributed by atoms with van der Waals surface area (Å²) in [5.41, 5.74) is 9.97. The Bertz CT molecular complexity index is 479. The van der Waals surface area contributed by atoms with E-state index < -0.39 is 0 Å². The second-order valence-corrected chi connectivity index (χ2v) is 5.49. The number of benzene rings is 1. The van der Waals surface area contributed by atoms with Crippen LogP contribution in [0.2, 0.25) is 5.02 Å². The van der Waals surface area contributed by atoms with Crippen molar-refractivity contribution in [2.24, 2.45) is 5.73 Å². The lowest BCUT2D eigenvalue weighted by Gasteiger charge is -2.14. The number of nitrogens with two attached hydrogens (primary N) is 1. The van der Waals surface area contributed by atoms with Gasteiger partial charge in [-0.2, -0.15) is 11.3 Å². The molecule has 0 saturated heterocycles. The molecule has 3 heteroatoms. The Hall–Kier alpha value is -0.830. The molecular formula is C14H16ClNS. The number of rotatable bonds is 4. The Kier molecular flexibility index (Phi) is 4.21. The first-order chi connectivity index (χ1) is 8.16. The van der Waals surface area contributed by atoms with Crippen LogP contribution in [0.3, 0.4) is 0 Å². The van der Waals surface area contributed by atoms with Crippen molar-refractivity contribution in [3.8, 4) is 0 Å². The maximum atomic E-state index is 6.23. The van der Waals surface area contributed by atoms with E-state index >= 15 is 0 Å². The fourth-order valence-electron chi connectivity index (χ4n) is 1.92. The van der Waals surface area contributed by atoms with Crippen LogP contribution in [0.1, 0.15) is 29.2 Å². The molecule has 2 aromatic rings. The van der Waals surface area contributed by atoms with Gasteiger partial charge in [-0.15, -0.1) is 0 Å². The first-order valence-electron chi connectivity index (χ1n) is 5.69. The van der Waals surface area contributed by atoms with Crippen molar-refractivity contribution in [1.29, 1.82) is 0 Å². The van der Waals surface area contributed by atoms with E-state index in [1.54, 1.807) is 11.3 Å². The molecule has 0 aliphatic rings. The molecule has 0 aliphatic heterocycles. The lowest BCUT2D eigenvalue weighted by atomic mass is 9.97. The molecular weight excluding hydrogens is 250 g/mol. The topological polar surface area (TPSA) is 26.0 Å². The summed E-state index contributed by atoms with van der Waals surface area (Å²) < 4.78 is 0. The largest absolute Gasteiger partial charge is 0.324 e.